The van der Waals surface area contributed by atoms with E-state index >= 15 is 0 Å². The molecule has 0 saturated carbocycles. The summed E-state index contributed by atoms with van der Waals surface area (Å²) in [6.07, 6.45) is -1.80. The maximum Gasteiger partial charge on any atom is 0.419 e. The van der Waals surface area contributed by atoms with E-state index in [-0.39, 0.29) is 5.56 Å². The fourth-order valence-corrected chi connectivity index (χ4v) is 2.16. The minimum atomic E-state index is -4.72. The minimum Gasteiger partial charge on any atom is -0.260 e. The molecule has 0 aliphatic heterocycles. The van der Waals surface area contributed by atoms with E-state index in [0.717, 1.165) is 11.6 Å². The van der Waals surface area contributed by atoms with Gasteiger partial charge in [-0.15, -0.1) is 0 Å². The smallest absolute Gasteiger partial charge is 0.260 e. The molecule has 3 rings (SSSR count). The van der Waals surface area contributed by atoms with Crippen LogP contribution in [-0.4, -0.2) is 9.97 Å². The van der Waals surface area contributed by atoms with Crippen LogP contribution in [-0.2, 0) is 6.18 Å². The van der Waals surface area contributed by atoms with Crippen molar-refractivity contribution < 1.29 is 17.6 Å². The molecular weight excluding hydrogens is 308 g/mol. The molecule has 0 atom stereocenters. The number of hydrogen-bond acceptors (Lipinski definition) is 2. The number of hydrogen-bond donors (Lipinski definition) is 0. The van der Waals surface area contributed by atoms with Crippen LogP contribution in [0.25, 0.3) is 22.5 Å². The van der Waals surface area contributed by atoms with Crippen LogP contribution in [0.15, 0.2) is 60.9 Å². The Morgan fingerprint density at radius 2 is 1.43 bits per heavy atom. The van der Waals surface area contributed by atoms with E-state index in [2.05, 4.69) is 9.97 Å². The monoisotopic (exact) mass is 318 g/mol. The van der Waals surface area contributed by atoms with Crippen molar-refractivity contribution in [2.75, 3.05) is 0 Å². The lowest BCUT2D eigenvalue weighted by Gasteiger charge is -2.09. The molecule has 2 nitrogen and oxygen atoms in total. The van der Waals surface area contributed by atoms with Gasteiger partial charge in [0, 0.05) is 11.1 Å². The Morgan fingerprint density at radius 1 is 0.783 bits per heavy atom. The standard InChI is InChI=1S/C17H10F4N2/c18-14-8-12(6-7-13(14)17(19,20)21)16-10-22-9-15(23-16)11-4-2-1-3-5-11/h1-10H. The van der Waals surface area contributed by atoms with Gasteiger partial charge in [0.05, 0.1) is 29.3 Å². The van der Waals surface area contributed by atoms with Crippen LogP contribution in [0.1, 0.15) is 5.56 Å². The van der Waals surface area contributed by atoms with Crippen LogP contribution in [0.3, 0.4) is 0 Å². The van der Waals surface area contributed by atoms with Gasteiger partial charge in [0.15, 0.2) is 0 Å². The van der Waals surface area contributed by atoms with E-state index in [1.807, 2.05) is 30.3 Å². The number of nitrogens with zero attached hydrogens (tertiary/aromatic N) is 2. The molecule has 0 unspecified atom stereocenters. The van der Waals surface area contributed by atoms with Crippen LogP contribution in [0.4, 0.5) is 17.6 Å². The first kappa shape index (κ1) is 15.1. The third-order valence-corrected chi connectivity index (χ3v) is 3.27. The second-order valence-corrected chi connectivity index (χ2v) is 4.85. The molecule has 0 N–H and O–H groups in total. The summed E-state index contributed by atoms with van der Waals surface area (Å²) < 4.78 is 51.5. The van der Waals surface area contributed by atoms with Gasteiger partial charge in [0.1, 0.15) is 5.82 Å². The predicted molar refractivity (Wildman–Crippen MR) is 77.9 cm³/mol. The van der Waals surface area contributed by atoms with Crippen molar-refractivity contribution in [3.63, 3.8) is 0 Å². The fourth-order valence-electron chi connectivity index (χ4n) is 2.16. The zero-order valence-electron chi connectivity index (χ0n) is 11.7. The maximum absolute atomic E-state index is 13.7. The van der Waals surface area contributed by atoms with Gasteiger partial charge in [0.25, 0.3) is 0 Å². The molecular formula is C17H10F4N2. The molecule has 1 heterocycles. The fraction of sp³-hybridized carbons (Fsp3) is 0.0588. The molecule has 0 amide bonds. The number of halogens is 4. The molecule has 116 valence electrons. The quantitative estimate of drug-likeness (QED) is 0.624. The molecule has 6 heteroatoms. The molecule has 0 spiro atoms. The number of benzene rings is 2. The van der Waals surface area contributed by atoms with Crippen molar-refractivity contribution in [3.05, 3.63) is 72.3 Å². The largest absolute Gasteiger partial charge is 0.419 e. The highest BCUT2D eigenvalue weighted by Gasteiger charge is 2.34. The maximum atomic E-state index is 13.7. The summed E-state index contributed by atoms with van der Waals surface area (Å²) in [5.41, 5.74) is 0.617. The second-order valence-electron chi connectivity index (χ2n) is 4.85. The summed E-state index contributed by atoms with van der Waals surface area (Å²) in [6.45, 7) is 0. The number of alkyl halides is 3. The van der Waals surface area contributed by atoms with Crippen molar-refractivity contribution in [3.8, 4) is 22.5 Å². The van der Waals surface area contributed by atoms with E-state index in [1.54, 1.807) is 6.20 Å². The van der Waals surface area contributed by atoms with Gasteiger partial charge in [0.2, 0.25) is 0 Å². The van der Waals surface area contributed by atoms with Gasteiger partial charge in [-0.25, -0.2) is 9.37 Å². The van der Waals surface area contributed by atoms with Crippen LogP contribution in [0.5, 0.6) is 0 Å². The van der Waals surface area contributed by atoms with Crippen molar-refractivity contribution >= 4 is 0 Å². The van der Waals surface area contributed by atoms with E-state index in [9.17, 15) is 17.6 Å². The zero-order chi connectivity index (χ0) is 16.4. The first-order valence-corrected chi connectivity index (χ1v) is 6.70. The third kappa shape index (κ3) is 3.21. The zero-order valence-corrected chi connectivity index (χ0v) is 11.7. The first-order valence-electron chi connectivity index (χ1n) is 6.70. The van der Waals surface area contributed by atoms with Crippen molar-refractivity contribution in [1.82, 2.24) is 9.97 Å². The molecule has 0 radical (unpaired) electrons. The SMILES string of the molecule is Fc1cc(-c2cncc(-c3ccccc3)n2)ccc1C(F)(F)F. The van der Waals surface area contributed by atoms with Crippen LogP contribution >= 0.6 is 0 Å². The number of aromatic nitrogens is 2. The van der Waals surface area contributed by atoms with Gasteiger partial charge in [-0.05, 0) is 12.1 Å². The van der Waals surface area contributed by atoms with Gasteiger partial charge >= 0.3 is 6.18 Å². The van der Waals surface area contributed by atoms with Crippen molar-refractivity contribution in [2.24, 2.45) is 0 Å². The summed E-state index contributed by atoms with van der Waals surface area (Å²) in [5, 5.41) is 0. The molecule has 0 bridgehead atoms. The van der Waals surface area contributed by atoms with Crippen molar-refractivity contribution in [2.45, 2.75) is 6.18 Å². The second kappa shape index (κ2) is 5.79. The lowest BCUT2D eigenvalue weighted by atomic mass is 10.1. The van der Waals surface area contributed by atoms with Crippen LogP contribution in [0.2, 0.25) is 0 Å². The molecule has 0 fully saturated rings. The summed E-state index contributed by atoms with van der Waals surface area (Å²) in [6, 6.07) is 11.9. The summed E-state index contributed by atoms with van der Waals surface area (Å²) in [5.74, 6) is -1.33. The minimum absolute atomic E-state index is 0.237. The average molecular weight is 318 g/mol. The number of rotatable bonds is 2. The van der Waals surface area contributed by atoms with E-state index < -0.39 is 17.6 Å². The van der Waals surface area contributed by atoms with Crippen LogP contribution in [0, 0.1) is 5.82 Å². The summed E-state index contributed by atoms with van der Waals surface area (Å²) >= 11 is 0. The van der Waals surface area contributed by atoms with E-state index in [1.165, 1.54) is 12.3 Å². The first-order chi connectivity index (χ1) is 10.9. The highest BCUT2D eigenvalue weighted by Crippen LogP contribution is 2.33. The highest BCUT2D eigenvalue weighted by atomic mass is 19.4. The Balaban J connectivity index is 2.02. The normalized spacial score (nSPS) is 11.5. The average Bonchev–Trinajstić information content (AvgIpc) is 2.54. The van der Waals surface area contributed by atoms with Gasteiger partial charge in [-0.3, -0.25) is 4.98 Å². The topological polar surface area (TPSA) is 25.8 Å². The molecule has 23 heavy (non-hydrogen) atoms. The lowest BCUT2D eigenvalue weighted by molar-refractivity contribution is -0.139. The van der Waals surface area contributed by atoms with Gasteiger partial charge in [-0.2, -0.15) is 13.2 Å². The Labute approximate surface area is 129 Å². The summed E-state index contributed by atoms with van der Waals surface area (Å²) in [7, 11) is 0. The molecule has 0 saturated heterocycles. The van der Waals surface area contributed by atoms with Crippen LogP contribution < -0.4 is 0 Å². The third-order valence-electron chi connectivity index (χ3n) is 3.27. The summed E-state index contributed by atoms with van der Waals surface area (Å²) in [4.78, 5) is 8.37. The predicted octanol–water partition coefficient (Wildman–Crippen LogP) is 4.97. The molecule has 0 aliphatic rings. The van der Waals surface area contributed by atoms with Gasteiger partial charge < -0.3 is 0 Å². The molecule has 3 aromatic rings. The van der Waals surface area contributed by atoms with Gasteiger partial charge in [-0.1, -0.05) is 36.4 Å². The Kier molecular flexibility index (Phi) is 3.82. The van der Waals surface area contributed by atoms with E-state index in [4.69, 9.17) is 0 Å². The van der Waals surface area contributed by atoms with Crippen molar-refractivity contribution in [1.29, 1.82) is 0 Å². The molecule has 0 aliphatic carbocycles. The Bertz CT molecular complexity index is 829. The Morgan fingerprint density at radius 3 is 2.04 bits per heavy atom. The van der Waals surface area contributed by atoms with E-state index in [0.29, 0.717) is 17.5 Å². The molecule has 1 aromatic heterocycles. The Hall–Kier alpha value is -2.76. The lowest BCUT2D eigenvalue weighted by Crippen LogP contribution is -2.08. The molecule has 2 aromatic carbocycles. The highest BCUT2D eigenvalue weighted by molar-refractivity contribution is 5.64.